The molecule has 0 rings (SSSR count). The summed E-state index contributed by atoms with van der Waals surface area (Å²) in [6, 6.07) is -2.63. The Hall–Kier alpha value is 1.05. The van der Waals surface area contributed by atoms with Gasteiger partial charge in [0, 0.05) is 5.67 Å². The first-order valence-electron chi connectivity index (χ1n) is 4.80. The highest BCUT2D eigenvalue weighted by molar-refractivity contribution is 7.65. The Labute approximate surface area is 96.0 Å². The van der Waals surface area contributed by atoms with Crippen LogP contribution in [-0.2, 0) is 0 Å². The number of hydrogen-bond acceptors (Lipinski definition) is 1. The van der Waals surface area contributed by atoms with Crippen LogP contribution in [0, 0.1) is 0 Å². The molecule has 1 nitrogen and oxygen atoms in total. The van der Waals surface area contributed by atoms with Gasteiger partial charge in [0.15, 0.2) is 0 Å². The molecule has 0 aliphatic heterocycles. The van der Waals surface area contributed by atoms with Gasteiger partial charge in [0.25, 0.3) is 0 Å². The molecule has 0 spiro atoms. The van der Waals surface area contributed by atoms with Crippen LogP contribution in [0.5, 0.6) is 0 Å². The highest BCUT2D eigenvalue weighted by Gasteiger charge is 2.33. The van der Waals surface area contributed by atoms with Crippen molar-refractivity contribution in [2.24, 2.45) is 5.73 Å². The third-order valence-electron chi connectivity index (χ3n) is 2.04. The van der Waals surface area contributed by atoms with Crippen molar-refractivity contribution in [2.75, 3.05) is 0 Å². The Morgan fingerprint density at radius 1 is 1.08 bits per heavy atom. The molecular weight excluding hydrogens is 245 g/mol. The maximum absolute atomic E-state index is 5.77. The fourth-order valence-corrected chi connectivity index (χ4v) is 2.64. The number of hydrogen-bond donors (Lipinski definition) is 1. The fraction of sp³-hybridized carbons (Fsp3) is 1.00. The molecular formula is C8H18Cl3NSi. The van der Waals surface area contributed by atoms with E-state index in [2.05, 4.69) is 6.92 Å². The second-order valence-electron chi connectivity index (χ2n) is 3.35. The van der Waals surface area contributed by atoms with E-state index in [0.717, 1.165) is 12.8 Å². The minimum absolute atomic E-state index is 0.195. The van der Waals surface area contributed by atoms with Crippen molar-refractivity contribution in [3.8, 4) is 0 Å². The lowest BCUT2D eigenvalue weighted by Gasteiger charge is -2.16. The zero-order valence-electron chi connectivity index (χ0n) is 8.03. The largest absolute Gasteiger partial charge is 0.357 e. The molecule has 2 N–H and O–H groups in total. The summed E-state index contributed by atoms with van der Waals surface area (Å²) in [5.41, 5.74) is 5.54. The van der Waals surface area contributed by atoms with Gasteiger partial charge in [-0.2, -0.15) is 0 Å². The molecule has 13 heavy (non-hydrogen) atoms. The van der Waals surface area contributed by atoms with Gasteiger partial charge in [0.05, 0.1) is 0 Å². The first-order chi connectivity index (χ1) is 5.98. The van der Waals surface area contributed by atoms with Gasteiger partial charge in [-0.25, -0.2) is 0 Å². The van der Waals surface area contributed by atoms with Crippen molar-refractivity contribution in [2.45, 2.75) is 51.1 Å². The highest BCUT2D eigenvalue weighted by Crippen LogP contribution is 2.25. The quantitative estimate of drug-likeness (QED) is 0.421. The topological polar surface area (TPSA) is 26.0 Å². The van der Waals surface area contributed by atoms with E-state index in [1.165, 1.54) is 25.7 Å². The number of rotatable bonds is 7. The average Bonchev–Trinajstić information content (AvgIpc) is 2.02. The van der Waals surface area contributed by atoms with Crippen LogP contribution in [-0.4, -0.2) is 11.7 Å². The fourth-order valence-electron chi connectivity index (χ4n) is 1.13. The predicted octanol–water partition coefficient (Wildman–Crippen LogP) is 3.87. The molecule has 0 bridgehead atoms. The lowest BCUT2D eigenvalue weighted by atomic mass is 10.1. The summed E-state index contributed by atoms with van der Waals surface area (Å²) in [5, 5.41) is 0. The molecule has 0 fully saturated rings. The monoisotopic (exact) mass is 261 g/mol. The smallest absolute Gasteiger partial charge is 0.327 e. The van der Waals surface area contributed by atoms with Gasteiger partial charge in [-0.1, -0.05) is 39.0 Å². The van der Waals surface area contributed by atoms with Gasteiger partial charge in [0.2, 0.25) is 0 Å². The Morgan fingerprint density at radius 3 is 2.08 bits per heavy atom. The van der Waals surface area contributed by atoms with Crippen molar-refractivity contribution in [3.05, 3.63) is 0 Å². The first kappa shape index (κ1) is 14.0. The summed E-state index contributed by atoms with van der Waals surface area (Å²) in [5.74, 6) is 0. The second-order valence-corrected chi connectivity index (χ2v) is 12.3. The molecule has 0 aliphatic rings. The van der Waals surface area contributed by atoms with Crippen LogP contribution in [0.2, 0.25) is 0 Å². The Kier molecular flexibility index (Phi) is 7.95. The molecule has 80 valence electrons. The number of unbranched alkanes of at least 4 members (excludes halogenated alkanes) is 4. The SMILES string of the molecule is CCCCCCCC(N)[Si](Cl)(Cl)Cl. The zero-order valence-corrected chi connectivity index (χ0v) is 11.3. The lowest BCUT2D eigenvalue weighted by molar-refractivity contribution is 0.597. The molecule has 1 unspecified atom stereocenters. The molecule has 0 aromatic rings. The molecule has 0 saturated carbocycles. The molecule has 0 saturated heterocycles. The van der Waals surface area contributed by atoms with E-state index in [0.29, 0.717) is 0 Å². The Morgan fingerprint density at radius 2 is 1.62 bits per heavy atom. The summed E-state index contributed by atoms with van der Waals surface area (Å²) in [6.45, 7) is 2.19. The van der Waals surface area contributed by atoms with Crippen LogP contribution in [0.25, 0.3) is 0 Å². The van der Waals surface area contributed by atoms with Crippen molar-refractivity contribution >= 4 is 39.2 Å². The van der Waals surface area contributed by atoms with Gasteiger partial charge in [-0.05, 0) is 6.42 Å². The van der Waals surface area contributed by atoms with Gasteiger partial charge < -0.3 is 5.73 Å². The molecule has 0 aliphatic carbocycles. The second kappa shape index (κ2) is 7.35. The molecule has 0 aromatic heterocycles. The Balaban J connectivity index is 3.32. The normalized spacial score (nSPS) is 14.5. The lowest BCUT2D eigenvalue weighted by Crippen LogP contribution is -2.39. The van der Waals surface area contributed by atoms with E-state index >= 15 is 0 Å². The maximum Gasteiger partial charge on any atom is 0.357 e. The van der Waals surface area contributed by atoms with Gasteiger partial charge in [0.1, 0.15) is 0 Å². The van der Waals surface area contributed by atoms with Crippen LogP contribution in [0.15, 0.2) is 0 Å². The van der Waals surface area contributed by atoms with Crippen molar-refractivity contribution in [1.29, 1.82) is 0 Å². The summed E-state index contributed by atoms with van der Waals surface area (Å²) in [4.78, 5) is 0. The zero-order chi connectivity index (χ0) is 10.3. The van der Waals surface area contributed by atoms with E-state index in [1.54, 1.807) is 0 Å². The van der Waals surface area contributed by atoms with Gasteiger partial charge in [-0.15, -0.1) is 33.2 Å². The van der Waals surface area contributed by atoms with Gasteiger partial charge >= 0.3 is 6.00 Å². The van der Waals surface area contributed by atoms with Crippen molar-refractivity contribution in [3.63, 3.8) is 0 Å². The molecule has 1 atom stereocenters. The van der Waals surface area contributed by atoms with E-state index < -0.39 is 6.00 Å². The van der Waals surface area contributed by atoms with Crippen LogP contribution in [0.1, 0.15) is 45.4 Å². The molecule has 5 heteroatoms. The van der Waals surface area contributed by atoms with Crippen molar-refractivity contribution in [1.82, 2.24) is 0 Å². The summed E-state index contributed by atoms with van der Waals surface area (Å²) in [6.07, 6.45) is 6.96. The molecule has 0 amide bonds. The van der Waals surface area contributed by atoms with Gasteiger partial charge in [-0.3, -0.25) is 0 Å². The van der Waals surface area contributed by atoms with Crippen LogP contribution in [0.3, 0.4) is 0 Å². The maximum atomic E-state index is 5.77. The van der Waals surface area contributed by atoms with E-state index in [1.807, 2.05) is 0 Å². The van der Waals surface area contributed by atoms with E-state index in [4.69, 9.17) is 39.0 Å². The van der Waals surface area contributed by atoms with Crippen LogP contribution < -0.4 is 5.73 Å². The minimum atomic E-state index is -2.63. The van der Waals surface area contributed by atoms with E-state index in [9.17, 15) is 0 Å². The molecule has 0 aromatic carbocycles. The van der Waals surface area contributed by atoms with E-state index in [-0.39, 0.29) is 5.67 Å². The standard InChI is InChI=1S/C8H18Cl3NSi/c1-2-3-4-5-6-7-8(12)13(9,10)11/h8H,2-7,12H2,1H3. The first-order valence-corrected chi connectivity index (χ1v) is 9.92. The Bertz CT molecular complexity index is 127. The van der Waals surface area contributed by atoms with Crippen molar-refractivity contribution < 1.29 is 0 Å². The number of halogens is 3. The summed E-state index contributed by atoms with van der Waals surface area (Å²) in [7, 11) is 0. The third-order valence-corrected chi connectivity index (χ3v) is 5.69. The van der Waals surface area contributed by atoms with Crippen LogP contribution in [0.4, 0.5) is 0 Å². The summed E-state index contributed by atoms with van der Waals surface area (Å²) >= 11 is 17.3. The third kappa shape index (κ3) is 8.07. The van der Waals surface area contributed by atoms with Crippen LogP contribution >= 0.6 is 33.2 Å². The molecule has 0 radical (unpaired) electrons. The minimum Gasteiger partial charge on any atom is -0.327 e. The average molecular weight is 263 g/mol. The summed E-state index contributed by atoms with van der Waals surface area (Å²) < 4.78 is 0. The molecule has 0 heterocycles. The predicted molar refractivity (Wildman–Crippen MR) is 64.7 cm³/mol. The number of nitrogens with two attached hydrogens (primary N) is 1. The highest BCUT2D eigenvalue weighted by atomic mass is 35.8.